The number of nitrogens with one attached hydrogen (secondary N) is 1. The summed E-state index contributed by atoms with van der Waals surface area (Å²) in [5.41, 5.74) is 2.28. The molecule has 1 aromatic heterocycles. The van der Waals surface area contributed by atoms with E-state index >= 15 is 0 Å². The van der Waals surface area contributed by atoms with Crippen LogP contribution in [0.4, 0.5) is 11.6 Å². The number of anilines is 2. The lowest BCUT2D eigenvalue weighted by Crippen LogP contribution is -2.07. The number of imidazole rings is 1. The van der Waals surface area contributed by atoms with E-state index in [0.717, 1.165) is 18.2 Å². The smallest absolute Gasteiger partial charge is 0.207 e. The van der Waals surface area contributed by atoms with Crippen molar-refractivity contribution in [3.05, 3.63) is 42.2 Å². The van der Waals surface area contributed by atoms with Gasteiger partial charge in [-0.15, -0.1) is 0 Å². The molecule has 0 fully saturated rings. The Morgan fingerprint density at radius 1 is 1.41 bits per heavy atom. The molecule has 0 amide bonds. The number of methoxy groups -OCH3 is 1. The largest absolute Gasteiger partial charge is 0.383 e. The van der Waals surface area contributed by atoms with Crippen LogP contribution in [0.1, 0.15) is 5.56 Å². The van der Waals surface area contributed by atoms with E-state index in [1.807, 2.05) is 22.9 Å². The highest BCUT2D eigenvalue weighted by Gasteiger charge is 2.02. The molecule has 1 N–H and O–H groups in total. The topological polar surface area (TPSA) is 39.1 Å². The summed E-state index contributed by atoms with van der Waals surface area (Å²) in [5, 5.41) is 3.30. The monoisotopic (exact) mass is 231 g/mol. The normalized spacial score (nSPS) is 10.5. The molecule has 17 heavy (non-hydrogen) atoms. The van der Waals surface area contributed by atoms with Gasteiger partial charge < -0.3 is 14.6 Å². The van der Waals surface area contributed by atoms with Gasteiger partial charge in [-0.2, -0.15) is 0 Å². The average molecular weight is 231 g/mol. The molecule has 4 heteroatoms. The first-order valence-corrected chi connectivity index (χ1v) is 5.63. The van der Waals surface area contributed by atoms with Crippen LogP contribution in [0, 0.1) is 6.92 Å². The lowest BCUT2D eigenvalue weighted by atomic mass is 10.2. The Morgan fingerprint density at radius 3 is 3.06 bits per heavy atom. The summed E-state index contributed by atoms with van der Waals surface area (Å²) < 4.78 is 7.10. The summed E-state index contributed by atoms with van der Waals surface area (Å²) in [4.78, 5) is 4.29. The Labute approximate surface area is 101 Å². The molecule has 0 bridgehead atoms. The number of aromatic nitrogens is 2. The van der Waals surface area contributed by atoms with E-state index in [9.17, 15) is 0 Å². The van der Waals surface area contributed by atoms with Gasteiger partial charge in [-0.1, -0.05) is 12.1 Å². The minimum absolute atomic E-state index is 0.679. The zero-order valence-electron chi connectivity index (χ0n) is 10.2. The molecule has 0 unspecified atom stereocenters. The van der Waals surface area contributed by atoms with Gasteiger partial charge in [0.2, 0.25) is 5.95 Å². The Morgan fingerprint density at radius 2 is 2.29 bits per heavy atom. The Hall–Kier alpha value is -1.81. The minimum Gasteiger partial charge on any atom is -0.383 e. The number of benzene rings is 1. The van der Waals surface area contributed by atoms with Crippen molar-refractivity contribution in [3.8, 4) is 0 Å². The fraction of sp³-hybridized carbons (Fsp3) is 0.308. The van der Waals surface area contributed by atoms with E-state index in [2.05, 4.69) is 29.4 Å². The maximum absolute atomic E-state index is 5.06. The second-order valence-corrected chi connectivity index (χ2v) is 3.93. The van der Waals surface area contributed by atoms with Crippen LogP contribution in [0.3, 0.4) is 0 Å². The highest BCUT2D eigenvalue weighted by atomic mass is 16.5. The van der Waals surface area contributed by atoms with Crippen LogP contribution in [0.25, 0.3) is 0 Å². The number of hydrogen-bond acceptors (Lipinski definition) is 3. The summed E-state index contributed by atoms with van der Waals surface area (Å²) in [6.07, 6.45) is 3.73. The molecule has 1 aromatic carbocycles. The van der Waals surface area contributed by atoms with Crippen molar-refractivity contribution in [2.24, 2.45) is 0 Å². The van der Waals surface area contributed by atoms with E-state index in [1.54, 1.807) is 13.3 Å². The lowest BCUT2D eigenvalue weighted by molar-refractivity contribution is 0.188. The molecule has 0 aliphatic rings. The molecular weight excluding hydrogens is 214 g/mol. The summed E-state index contributed by atoms with van der Waals surface area (Å²) in [6.45, 7) is 3.55. The second kappa shape index (κ2) is 5.50. The highest BCUT2D eigenvalue weighted by molar-refractivity contribution is 5.54. The first-order valence-electron chi connectivity index (χ1n) is 5.63. The van der Waals surface area contributed by atoms with Gasteiger partial charge >= 0.3 is 0 Å². The Kier molecular flexibility index (Phi) is 3.77. The predicted octanol–water partition coefficient (Wildman–Crippen LogP) is 2.58. The Balaban J connectivity index is 2.10. The zero-order valence-corrected chi connectivity index (χ0v) is 10.2. The molecule has 1 heterocycles. The fourth-order valence-corrected chi connectivity index (χ4v) is 1.66. The molecule has 2 rings (SSSR count). The summed E-state index contributed by atoms with van der Waals surface area (Å²) >= 11 is 0. The van der Waals surface area contributed by atoms with Crippen LogP contribution >= 0.6 is 0 Å². The number of hydrogen-bond donors (Lipinski definition) is 1. The van der Waals surface area contributed by atoms with Gasteiger partial charge in [-0.05, 0) is 24.6 Å². The van der Waals surface area contributed by atoms with Gasteiger partial charge in [-0.3, -0.25) is 0 Å². The van der Waals surface area contributed by atoms with E-state index in [-0.39, 0.29) is 0 Å². The molecule has 90 valence electrons. The average Bonchev–Trinajstić information content (AvgIpc) is 2.74. The van der Waals surface area contributed by atoms with Gasteiger partial charge in [0.15, 0.2) is 0 Å². The van der Waals surface area contributed by atoms with Crippen molar-refractivity contribution in [1.82, 2.24) is 9.55 Å². The minimum atomic E-state index is 0.679. The third-order valence-electron chi connectivity index (χ3n) is 2.53. The highest BCUT2D eigenvalue weighted by Crippen LogP contribution is 2.15. The van der Waals surface area contributed by atoms with E-state index in [0.29, 0.717) is 6.61 Å². The molecule has 0 radical (unpaired) electrons. The maximum Gasteiger partial charge on any atom is 0.207 e. The van der Waals surface area contributed by atoms with Crippen LogP contribution in [0.5, 0.6) is 0 Å². The number of aryl methyl sites for hydroxylation is 1. The molecule has 0 saturated carbocycles. The molecular formula is C13H17N3O. The first kappa shape index (κ1) is 11.7. The third kappa shape index (κ3) is 3.07. The summed E-state index contributed by atoms with van der Waals surface area (Å²) in [5.74, 6) is 0.840. The van der Waals surface area contributed by atoms with Gasteiger partial charge in [0.05, 0.1) is 6.61 Å². The third-order valence-corrected chi connectivity index (χ3v) is 2.53. The number of ether oxygens (including phenoxy) is 1. The van der Waals surface area contributed by atoms with Gasteiger partial charge in [-0.25, -0.2) is 4.98 Å². The molecule has 0 spiro atoms. The molecule has 0 saturated heterocycles. The summed E-state index contributed by atoms with van der Waals surface area (Å²) in [6, 6.07) is 8.22. The van der Waals surface area contributed by atoms with E-state index < -0.39 is 0 Å². The van der Waals surface area contributed by atoms with Crippen molar-refractivity contribution in [1.29, 1.82) is 0 Å². The molecule has 0 atom stereocenters. The van der Waals surface area contributed by atoms with E-state index in [1.165, 1.54) is 5.56 Å². The number of nitrogens with zero attached hydrogens (tertiary/aromatic N) is 2. The van der Waals surface area contributed by atoms with Crippen LogP contribution in [-0.4, -0.2) is 23.3 Å². The maximum atomic E-state index is 5.06. The van der Waals surface area contributed by atoms with Crippen molar-refractivity contribution in [2.45, 2.75) is 13.5 Å². The molecule has 2 aromatic rings. The first-order chi connectivity index (χ1) is 8.29. The SMILES string of the molecule is COCCn1ccnc1Nc1cccc(C)c1. The fourth-order valence-electron chi connectivity index (χ4n) is 1.66. The summed E-state index contributed by atoms with van der Waals surface area (Å²) in [7, 11) is 1.70. The van der Waals surface area contributed by atoms with Crippen molar-refractivity contribution in [3.63, 3.8) is 0 Å². The molecule has 0 aliphatic carbocycles. The zero-order chi connectivity index (χ0) is 12.1. The van der Waals surface area contributed by atoms with Gasteiger partial charge in [0.1, 0.15) is 0 Å². The van der Waals surface area contributed by atoms with Crippen molar-refractivity contribution in [2.75, 3.05) is 19.0 Å². The lowest BCUT2D eigenvalue weighted by Gasteiger charge is -2.09. The van der Waals surface area contributed by atoms with Gasteiger partial charge in [0, 0.05) is 31.7 Å². The van der Waals surface area contributed by atoms with Crippen LogP contribution in [0.15, 0.2) is 36.7 Å². The quantitative estimate of drug-likeness (QED) is 0.859. The standard InChI is InChI=1S/C13H17N3O/c1-11-4-3-5-12(10-11)15-13-14-6-7-16(13)8-9-17-2/h3-7,10H,8-9H2,1-2H3,(H,14,15). The van der Waals surface area contributed by atoms with Gasteiger partial charge in [0.25, 0.3) is 0 Å². The van der Waals surface area contributed by atoms with Crippen LogP contribution in [-0.2, 0) is 11.3 Å². The van der Waals surface area contributed by atoms with Crippen molar-refractivity contribution >= 4 is 11.6 Å². The second-order valence-electron chi connectivity index (χ2n) is 3.93. The number of rotatable bonds is 5. The van der Waals surface area contributed by atoms with Crippen LogP contribution < -0.4 is 5.32 Å². The van der Waals surface area contributed by atoms with E-state index in [4.69, 9.17) is 4.74 Å². The molecule has 0 aliphatic heterocycles. The predicted molar refractivity (Wildman–Crippen MR) is 68.6 cm³/mol. The van der Waals surface area contributed by atoms with Crippen molar-refractivity contribution < 1.29 is 4.74 Å². The Bertz CT molecular complexity index is 479. The molecule has 4 nitrogen and oxygen atoms in total. The van der Waals surface area contributed by atoms with Crippen LogP contribution in [0.2, 0.25) is 0 Å².